The molecule has 0 amide bonds. The summed E-state index contributed by atoms with van der Waals surface area (Å²) in [4.78, 5) is 14.5. The van der Waals surface area contributed by atoms with E-state index in [0.717, 1.165) is 35.5 Å². The predicted molar refractivity (Wildman–Crippen MR) is 109 cm³/mol. The van der Waals surface area contributed by atoms with Crippen LogP contribution in [0.4, 0.5) is 4.39 Å². The highest BCUT2D eigenvalue weighted by Gasteiger charge is 2.32. The number of halogens is 1. The summed E-state index contributed by atoms with van der Waals surface area (Å²) >= 11 is 0. The van der Waals surface area contributed by atoms with Gasteiger partial charge in [0.05, 0.1) is 37.1 Å². The van der Waals surface area contributed by atoms with E-state index in [0.29, 0.717) is 23.6 Å². The van der Waals surface area contributed by atoms with E-state index in [1.165, 1.54) is 13.2 Å². The molecule has 2 N–H and O–H groups in total. The standard InChI is InChI=1S/C22H21FN6O/c1-30-16-4-5-17(18(23)9-16)20-15(11-27-28-20)12-29-8-6-19-21(26-13-25-19)22(29)14-3-2-7-24-10-14/h2-5,7,9-11,13,22H,6,8,12H2,1H3,(H,25,26)(H,27,28)/t22-/m0/s1. The number of hydrogen-bond donors (Lipinski definition) is 2. The Morgan fingerprint density at radius 2 is 2.20 bits per heavy atom. The number of rotatable bonds is 5. The Balaban J connectivity index is 1.50. The molecule has 0 bridgehead atoms. The topological polar surface area (TPSA) is 82.7 Å². The quantitative estimate of drug-likeness (QED) is 0.532. The van der Waals surface area contributed by atoms with Crippen LogP contribution in [-0.4, -0.2) is 43.7 Å². The lowest BCUT2D eigenvalue weighted by molar-refractivity contribution is 0.200. The van der Waals surface area contributed by atoms with Gasteiger partial charge in [-0.2, -0.15) is 5.10 Å². The fraction of sp³-hybridized carbons (Fsp3) is 0.227. The van der Waals surface area contributed by atoms with Crippen molar-refractivity contribution in [1.29, 1.82) is 0 Å². The molecule has 152 valence electrons. The minimum Gasteiger partial charge on any atom is -0.497 e. The molecule has 1 aliphatic heterocycles. The summed E-state index contributed by atoms with van der Waals surface area (Å²) in [5.41, 5.74) is 5.30. The van der Waals surface area contributed by atoms with Gasteiger partial charge in [-0.05, 0) is 23.8 Å². The second kappa shape index (κ2) is 7.72. The summed E-state index contributed by atoms with van der Waals surface area (Å²) in [7, 11) is 1.52. The highest BCUT2D eigenvalue weighted by atomic mass is 19.1. The maximum atomic E-state index is 14.7. The van der Waals surface area contributed by atoms with Crippen LogP contribution in [0.3, 0.4) is 0 Å². The molecule has 30 heavy (non-hydrogen) atoms. The minimum atomic E-state index is -0.350. The van der Waals surface area contributed by atoms with Gasteiger partial charge in [0.15, 0.2) is 0 Å². The van der Waals surface area contributed by atoms with E-state index >= 15 is 0 Å². The first-order valence-corrected chi connectivity index (χ1v) is 9.77. The molecule has 1 aliphatic rings. The van der Waals surface area contributed by atoms with Gasteiger partial charge in [0.25, 0.3) is 0 Å². The van der Waals surface area contributed by atoms with Crippen molar-refractivity contribution >= 4 is 0 Å². The van der Waals surface area contributed by atoms with Gasteiger partial charge in [-0.15, -0.1) is 0 Å². The average Bonchev–Trinajstić information content (AvgIpc) is 3.43. The van der Waals surface area contributed by atoms with Gasteiger partial charge in [0, 0.05) is 54.8 Å². The maximum absolute atomic E-state index is 14.7. The molecule has 3 aromatic heterocycles. The monoisotopic (exact) mass is 404 g/mol. The number of benzene rings is 1. The van der Waals surface area contributed by atoms with Crippen LogP contribution >= 0.6 is 0 Å². The van der Waals surface area contributed by atoms with Crippen molar-refractivity contribution < 1.29 is 9.13 Å². The number of fused-ring (bicyclic) bond motifs is 1. The zero-order valence-corrected chi connectivity index (χ0v) is 16.5. The molecule has 0 radical (unpaired) electrons. The molecule has 0 aliphatic carbocycles. The lowest BCUT2D eigenvalue weighted by Gasteiger charge is -2.35. The molecular weight excluding hydrogens is 383 g/mol. The van der Waals surface area contributed by atoms with Gasteiger partial charge in [-0.3, -0.25) is 15.0 Å². The molecular formula is C22H21FN6O. The smallest absolute Gasteiger partial charge is 0.136 e. The Hall–Kier alpha value is -3.52. The molecule has 1 atom stereocenters. The van der Waals surface area contributed by atoms with Gasteiger partial charge in [-0.1, -0.05) is 6.07 Å². The van der Waals surface area contributed by atoms with Crippen LogP contribution < -0.4 is 4.74 Å². The second-order valence-corrected chi connectivity index (χ2v) is 7.29. The number of imidazole rings is 1. The average molecular weight is 404 g/mol. The van der Waals surface area contributed by atoms with E-state index in [9.17, 15) is 4.39 Å². The number of methoxy groups -OCH3 is 1. The van der Waals surface area contributed by atoms with Gasteiger partial charge in [0.1, 0.15) is 11.6 Å². The molecule has 0 saturated carbocycles. The number of nitrogens with zero attached hydrogens (tertiary/aromatic N) is 4. The molecule has 8 heteroatoms. The Morgan fingerprint density at radius 1 is 1.27 bits per heavy atom. The number of hydrogen-bond acceptors (Lipinski definition) is 5. The molecule has 4 heterocycles. The summed E-state index contributed by atoms with van der Waals surface area (Å²) in [6.07, 6.45) is 8.02. The fourth-order valence-electron chi connectivity index (χ4n) is 4.11. The van der Waals surface area contributed by atoms with Crippen LogP contribution in [0.25, 0.3) is 11.3 Å². The Labute approximate surface area is 173 Å². The third-order valence-electron chi connectivity index (χ3n) is 5.56. The predicted octanol–water partition coefficient (Wildman–Crippen LogP) is 3.49. The second-order valence-electron chi connectivity index (χ2n) is 7.29. The summed E-state index contributed by atoms with van der Waals surface area (Å²) in [6.45, 7) is 1.44. The van der Waals surface area contributed by atoms with Crippen molar-refractivity contribution in [2.45, 2.75) is 19.0 Å². The number of nitrogens with one attached hydrogen (secondary N) is 2. The van der Waals surface area contributed by atoms with E-state index in [-0.39, 0.29) is 11.9 Å². The molecule has 1 aromatic carbocycles. The van der Waals surface area contributed by atoms with Crippen molar-refractivity contribution in [3.05, 3.63) is 83.6 Å². The Morgan fingerprint density at radius 3 is 3.00 bits per heavy atom. The number of aromatic amines is 2. The lowest BCUT2D eigenvalue weighted by Crippen LogP contribution is -2.36. The van der Waals surface area contributed by atoms with E-state index in [1.807, 2.05) is 12.3 Å². The number of ether oxygens (including phenoxy) is 1. The van der Waals surface area contributed by atoms with Gasteiger partial charge in [-0.25, -0.2) is 9.37 Å². The van der Waals surface area contributed by atoms with Crippen LogP contribution in [0.1, 0.15) is 28.6 Å². The van der Waals surface area contributed by atoms with Crippen LogP contribution in [0.15, 0.2) is 55.2 Å². The first-order chi connectivity index (χ1) is 14.7. The molecule has 5 rings (SSSR count). The van der Waals surface area contributed by atoms with E-state index in [2.05, 4.69) is 36.1 Å². The summed E-state index contributed by atoms with van der Waals surface area (Å²) in [5.74, 6) is 0.132. The molecule has 4 aromatic rings. The first-order valence-electron chi connectivity index (χ1n) is 9.77. The first kappa shape index (κ1) is 18.5. The molecule has 0 saturated heterocycles. The maximum Gasteiger partial charge on any atom is 0.136 e. The minimum absolute atomic E-state index is 0.0304. The number of H-pyrrole nitrogens is 2. The summed E-state index contributed by atoms with van der Waals surface area (Å²) in [5, 5.41) is 7.16. The van der Waals surface area contributed by atoms with Gasteiger partial charge < -0.3 is 9.72 Å². The SMILES string of the molecule is COc1ccc(-c2[nH]ncc2CN2CCc3[nH]cnc3[C@@H]2c2cccnc2)c(F)c1. The summed E-state index contributed by atoms with van der Waals surface area (Å²) in [6, 6.07) is 8.81. The molecule has 0 fully saturated rings. The summed E-state index contributed by atoms with van der Waals surface area (Å²) < 4.78 is 19.8. The normalized spacial score (nSPS) is 16.4. The van der Waals surface area contributed by atoms with Crippen LogP contribution in [0.2, 0.25) is 0 Å². The van der Waals surface area contributed by atoms with Crippen molar-refractivity contribution in [2.75, 3.05) is 13.7 Å². The number of pyridine rings is 1. The Kier molecular flexibility index (Phi) is 4.76. The number of aromatic nitrogens is 5. The largest absolute Gasteiger partial charge is 0.497 e. The molecule has 7 nitrogen and oxygen atoms in total. The van der Waals surface area contributed by atoms with E-state index in [4.69, 9.17) is 4.74 Å². The zero-order chi connectivity index (χ0) is 20.5. The van der Waals surface area contributed by atoms with Crippen LogP contribution in [0, 0.1) is 5.82 Å². The highest BCUT2D eigenvalue weighted by Crippen LogP contribution is 2.35. The zero-order valence-electron chi connectivity index (χ0n) is 16.5. The van der Waals surface area contributed by atoms with Crippen molar-refractivity contribution in [3.8, 4) is 17.0 Å². The molecule has 0 spiro atoms. The van der Waals surface area contributed by atoms with Crippen LogP contribution in [-0.2, 0) is 13.0 Å². The van der Waals surface area contributed by atoms with Crippen LogP contribution in [0.5, 0.6) is 5.75 Å². The van der Waals surface area contributed by atoms with Gasteiger partial charge in [0.2, 0.25) is 0 Å². The van der Waals surface area contributed by atoms with E-state index in [1.54, 1.807) is 30.9 Å². The third-order valence-corrected chi connectivity index (χ3v) is 5.56. The van der Waals surface area contributed by atoms with Crippen molar-refractivity contribution in [2.24, 2.45) is 0 Å². The van der Waals surface area contributed by atoms with Crippen molar-refractivity contribution in [3.63, 3.8) is 0 Å². The van der Waals surface area contributed by atoms with E-state index < -0.39 is 0 Å². The third kappa shape index (κ3) is 3.25. The molecule has 0 unspecified atom stereocenters. The van der Waals surface area contributed by atoms with Crippen molar-refractivity contribution in [1.82, 2.24) is 30.0 Å². The Bertz CT molecular complexity index is 1160. The lowest BCUT2D eigenvalue weighted by atomic mass is 9.96. The van der Waals surface area contributed by atoms with Gasteiger partial charge >= 0.3 is 0 Å². The fourth-order valence-corrected chi connectivity index (χ4v) is 4.11. The highest BCUT2D eigenvalue weighted by molar-refractivity contribution is 5.64.